The molecular weight excluding hydrogens is 592 g/mol. The molecule has 0 aromatic heterocycles. The first-order chi connectivity index (χ1) is 21.3. The number of carbonyl (C=O) groups is 4. The van der Waals surface area contributed by atoms with E-state index in [1.54, 1.807) is 13.8 Å². The lowest BCUT2D eigenvalue weighted by Gasteiger charge is -2.47. The molecule has 3 heterocycles. The average Bonchev–Trinajstić information content (AvgIpc) is 3.33. The molecule has 13 heteroatoms. The van der Waals surface area contributed by atoms with Crippen LogP contribution in [-0.4, -0.2) is 85.7 Å². The van der Waals surface area contributed by atoms with Crippen molar-refractivity contribution in [3.8, 4) is 34.1 Å². The number of hydrogen-bond donors (Lipinski definition) is 5. The quantitative estimate of drug-likeness (QED) is 0.303. The molecule has 0 amide bonds. The number of carbonyl (C=O) groups excluding carboxylic acids is 4. The van der Waals surface area contributed by atoms with Crippen LogP contribution in [0, 0.1) is 11.8 Å². The summed E-state index contributed by atoms with van der Waals surface area (Å²) in [5, 5.41) is 54.9. The molecular formula is C32H32O13. The number of aliphatic hydroxyl groups is 3. The molecule has 13 nitrogen and oxygen atoms in total. The lowest BCUT2D eigenvalue weighted by molar-refractivity contribution is -0.172. The number of fused-ring (bicyclic) bond motifs is 3. The topological polar surface area (TPSA) is 206 Å². The minimum Gasteiger partial charge on any atom is -0.506 e. The van der Waals surface area contributed by atoms with Crippen LogP contribution < -0.4 is 9.47 Å². The fraction of sp³-hybridized carbons (Fsp3) is 0.438. The summed E-state index contributed by atoms with van der Waals surface area (Å²) in [6, 6.07) is 5.41. The molecule has 2 aromatic carbocycles. The van der Waals surface area contributed by atoms with E-state index in [1.165, 1.54) is 31.2 Å². The van der Waals surface area contributed by atoms with Crippen LogP contribution in [0.1, 0.15) is 56.0 Å². The molecule has 2 aromatic rings. The molecule has 0 unspecified atom stereocenters. The van der Waals surface area contributed by atoms with Gasteiger partial charge in [-0.25, -0.2) is 0 Å². The summed E-state index contributed by atoms with van der Waals surface area (Å²) in [4.78, 5) is 50.5. The van der Waals surface area contributed by atoms with Crippen LogP contribution in [0.4, 0.5) is 0 Å². The number of aliphatic hydroxyl groups excluding tert-OH is 3. The van der Waals surface area contributed by atoms with Crippen LogP contribution in [0.15, 0.2) is 29.8 Å². The number of ether oxygens (including phenoxy) is 4. The van der Waals surface area contributed by atoms with Crippen molar-refractivity contribution in [2.45, 2.75) is 63.4 Å². The molecule has 4 aliphatic rings. The SMILES string of the molecule is CC(=O)O[C@H]1[C@@H](C)CC(=O)C2=C(O)c3c(ccc(-c4ccc5c(c4O)C(=O)C[C@](CO)([C@H]4OC(=O)C[C@@H]4C)O5)c3O)O[C@]21CO. The second kappa shape index (κ2) is 10.5. The molecule has 2 fully saturated rings. The van der Waals surface area contributed by atoms with Crippen molar-refractivity contribution in [3.05, 3.63) is 41.0 Å². The first-order valence-corrected chi connectivity index (χ1v) is 14.5. The number of ketones is 2. The molecule has 1 saturated carbocycles. The van der Waals surface area contributed by atoms with Crippen molar-refractivity contribution in [1.29, 1.82) is 0 Å². The summed E-state index contributed by atoms with van der Waals surface area (Å²) in [5.41, 5.74) is -4.44. The van der Waals surface area contributed by atoms with Crippen LogP contribution in [0.5, 0.6) is 23.0 Å². The predicted octanol–water partition coefficient (Wildman–Crippen LogP) is 2.35. The van der Waals surface area contributed by atoms with Gasteiger partial charge < -0.3 is 44.5 Å². The van der Waals surface area contributed by atoms with Gasteiger partial charge in [-0.3, -0.25) is 19.2 Å². The maximum atomic E-state index is 13.5. The summed E-state index contributed by atoms with van der Waals surface area (Å²) in [5.74, 6) is -5.29. The average molecular weight is 625 g/mol. The van der Waals surface area contributed by atoms with Crippen molar-refractivity contribution in [2.24, 2.45) is 11.8 Å². The molecule has 238 valence electrons. The third-order valence-electron chi connectivity index (χ3n) is 9.15. The number of aromatic hydroxyl groups is 2. The van der Waals surface area contributed by atoms with E-state index in [-0.39, 0.29) is 58.1 Å². The van der Waals surface area contributed by atoms with E-state index in [0.717, 1.165) is 0 Å². The number of phenols is 2. The molecule has 45 heavy (non-hydrogen) atoms. The first kappa shape index (κ1) is 30.4. The summed E-state index contributed by atoms with van der Waals surface area (Å²) < 4.78 is 23.0. The zero-order valence-electron chi connectivity index (χ0n) is 24.7. The summed E-state index contributed by atoms with van der Waals surface area (Å²) in [6.45, 7) is 3.09. The zero-order chi connectivity index (χ0) is 32.6. The largest absolute Gasteiger partial charge is 0.506 e. The summed E-state index contributed by atoms with van der Waals surface area (Å²) in [7, 11) is 0. The third-order valence-corrected chi connectivity index (χ3v) is 9.15. The predicted molar refractivity (Wildman–Crippen MR) is 153 cm³/mol. The molecule has 1 saturated heterocycles. The standard InChI is InChI=1S/C32H32O13/c1-13-8-18(36)25-28(41)24-21(45-32(25,12-34)30(13)42-15(3)35)7-5-17(27(24)40)16-4-6-20-23(26(16)39)19(37)10-31(11-33,44-20)29-14(2)9-22(38)43-29/h4-7,13-14,29-30,33-34,39-41H,8-12H2,1-3H3/t13-,14-,29-,30-,31-,32+/m0/s1. The highest BCUT2D eigenvalue weighted by atomic mass is 16.6. The molecule has 3 aliphatic heterocycles. The fourth-order valence-electron chi connectivity index (χ4n) is 7.20. The maximum absolute atomic E-state index is 13.5. The van der Waals surface area contributed by atoms with Gasteiger partial charge in [-0.05, 0) is 24.3 Å². The Morgan fingerprint density at radius 3 is 2.04 bits per heavy atom. The fourth-order valence-corrected chi connectivity index (χ4v) is 7.20. The number of hydrogen-bond acceptors (Lipinski definition) is 13. The Morgan fingerprint density at radius 2 is 1.49 bits per heavy atom. The lowest BCUT2D eigenvalue weighted by Crippen LogP contribution is -2.62. The second-order valence-electron chi connectivity index (χ2n) is 12.2. The number of Topliss-reactive ketones (excluding diaryl/α,β-unsaturated/α-hetero) is 2. The number of benzene rings is 2. The Hall–Kier alpha value is -4.62. The Morgan fingerprint density at radius 1 is 0.867 bits per heavy atom. The Balaban J connectivity index is 1.44. The summed E-state index contributed by atoms with van der Waals surface area (Å²) in [6.07, 6.45) is -2.48. The van der Waals surface area contributed by atoms with Crippen LogP contribution in [0.2, 0.25) is 0 Å². The van der Waals surface area contributed by atoms with E-state index in [9.17, 15) is 44.7 Å². The van der Waals surface area contributed by atoms with Gasteiger partial charge in [0.05, 0.1) is 31.6 Å². The maximum Gasteiger partial charge on any atom is 0.306 e. The van der Waals surface area contributed by atoms with Gasteiger partial charge in [0.1, 0.15) is 46.0 Å². The third kappa shape index (κ3) is 4.36. The normalized spacial score (nSPS) is 30.5. The zero-order valence-corrected chi connectivity index (χ0v) is 24.7. The van der Waals surface area contributed by atoms with E-state index >= 15 is 0 Å². The highest BCUT2D eigenvalue weighted by Crippen LogP contribution is 2.54. The first-order valence-electron chi connectivity index (χ1n) is 14.5. The van der Waals surface area contributed by atoms with Gasteiger partial charge >= 0.3 is 11.9 Å². The van der Waals surface area contributed by atoms with E-state index in [1.807, 2.05) is 0 Å². The molecule has 1 aliphatic carbocycles. The van der Waals surface area contributed by atoms with E-state index in [2.05, 4.69) is 0 Å². The molecule has 0 spiro atoms. The van der Waals surface area contributed by atoms with E-state index in [0.29, 0.717) is 0 Å². The molecule has 6 atom stereocenters. The van der Waals surface area contributed by atoms with Crippen molar-refractivity contribution in [3.63, 3.8) is 0 Å². The van der Waals surface area contributed by atoms with Crippen LogP contribution in [-0.2, 0) is 23.9 Å². The monoisotopic (exact) mass is 624 g/mol. The van der Waals surface area contributed by atoms with E-state index < -0.39 is 89.7 Å². The highest BCUT2D eigenvalue weighted by Gasteiger charge is 2.59. The molecule has 0 radical (unpaired) electrons. The van der Waals surface area contributed by atoms with Crippen molar-refractivity contribution >= 4 is 29.3 Å². The van der Waals surface area contributed by atoms with Crippen LogP contribution >= 0.6 is 0 Å². The van der Waals surface area contributed by atoms with Gasteiger partial charge in [0, 0.05) is 36.3 Å². The highest BCUT2D eigenvalue weighted by molar-refractivity contribution is 6.08. The van der Waals surface area contributed by atoms with Gasteiger partial charge in [0.15, 0.2) is 23.3 Å². The Labute approximate surface area is 256 Å². The van der Waals surface area contributed by atoms with Gasteiger partial charge in [0.25, 0.3) is 0 Å². The van der Waals surface area contributed by atoms with Crippen molar-refractivity contribution < 1.29 is 63.7 Å². The van der Waals surface area contributed by atoms with E-state index in [4.69, 9.17) is 18.9 Å². The Bertz CT molecular complexity index is 1690. The Kier molecular flexibility index (Phi) is 7.09. The molecule has 5 N–H and O–H groups in total. The van der Waals surface area contributed by atoms with Crippen LogP contribution in [0.3, 0.4) is 0 Å². The molecule has 6 rings (SSSR count). The van der Waals surface area contributed by atoms with Crippen molar-refractivity contribution in [1.82, 2.24) is 0 Å². The number of esters is 2. The van der Waals surface area contributed by atoms with Gasteiger partial charge in [-0.1, -0.05) is 13.8 Å². The molecule has 0 bridgehead atoms. The smallest absolute Gasteiger partial charge is 0.306 e. The van der Waals surface area contributed by atoms with Crippen LogP contribution in [0.25, 0.3) is 16.9 Å². The number of rotatable bonds is 5. The number of phenolic OH excluding ortho intramolecular Hbond substituents is 2. The van der Waals surface area contributed by atoms with Gasteiger partial charge in [0.2, 0.25) is 5.60 Å². The van der Waals surface area contributed by atoms with Gasteiger partial charge in [-0.15, -0.1) is 0 Å². The second-order valence-corrected chi connectivity index (χ2v) is 12.2. The van der Waals surface area contributed by atoms with Crippen molar-refractivity contribution in [2.75, 3.05) is 13.2 Å². The lowest BCUT2D eigenvalue weighted by atomic mass is 9.69. The minimum absolute atomic E-state index is 0.0265. The minimum atomic E-state index is -1.94. The number of cyclic esters (lactones) is 1. The van der Waals surface area contributed by atoms with Gasteiger partial charge in [-0.2, -0.15) is 0 Å². The summed E-state index contributed by atoms with van der Waals surface area (Å²) >= 11 is 0.